The van der Waals surface area contributed by atoms with E-state index in [0.29, 0.717) is 23.6 Å². The molecule has 0 saturated heterocycles. The number of nitrogens with one attached hydrogen (secondary N) is 2. The summed E-state index contributed by atoms with van der Waals surface area (Å²) in [6, 6.07) is 13.4. The molecule has 0 radical (unpaired) electrons. The van der Waals surface area contributed by atoms with Crippen LogP contribution >= 0.6 is 0 Å². The molecule has 0 heterocycles. The van der Waals surface area contributed by atoms with Gasteiger partial charge in [0, 0.05) is 11.3 Å². The number of anilines is 1. The van der Waals surface area contributed by atoms with E-state index in [0.717, 1.165) is 0 Å². The van der Waals surface area contributed by atoms with Crippen LogP contribution in [0.15, 0.2) is 53.6 Å². The molecule has 0 bridgehead atoms. The van der Waals surface area contributed by atoms with Gasteiger partial charge in [0.2, 0.25) is 0 Å². The molecule has 8 heteroatoms. The Labute approximate surface area is 150 Å². The fourth-order valence-electron chi connectivity index (χ4n) is 2.03. The summed E-state index contributed by atoms with van der Waals surface area (Å²) in [6.45, 7) is 1.67. The number of aliphatic carboxylic acids is 1. The molecule has 2 amide bonds. The predicted octanol–water partition coefficient (Wildman–Crippen LogP) is 2.70. The third kappa shape index (κ3) is 5.82. The van der Waals surface area contributed by atoms with E-state index in [-0.39, 0.29) is 5.75 Å². The molecule has 136 valence electrons. The van der Waals surface area contributed by atoms with Crippen LogP contribution in [0.2, 0.25) is 0 Å². The predicted molar refractivity (Wildman–Crippen MR) is 96.9 cm³/mol. The van der Waals surface area contributed by atoms with Crippen molar-refractivity contribution in [1.29, 1.82) is 0 Å². The van der Waals surface area contributed by atoms with Gasteiger partial charge in [-0.2, -0.15) is 5.10 Å². The number of urea groups is 1. The molecule has 0 saturated carbocycles. The first-order valence-electron chi connectivity index (χ1n) is 7.85. The first kappa shape index (κ1) is 18.8. The number of carbonyl (C=O) groups is 2. The minimum absolute atomic E-state index is 0.241. The third-order valence-electron chi connectivity index (χ3n) is 3.05. The zero-order chi connectivity index (χ0) is 18.8. The van der Waals surface area contributed by atoms with E-state index in [1.807, 2.05) is 6.07 Å². The highest BCUT2D eigenvalue weighted by Gasteiger charge is 2.11. The van der Waals surface area contributed by atoms with Crippen LogP contribution in [0.3, 0.4) is 0 Å². The molecule has 0 spiro atoms. The number of hydrazone groups is 1. The molecule has 2 aromatic carbocycles. The Morgan fingerprint density at radius 1 is 1.12 bits per heavy atom. The van der Waals surface area contributed by atoms with Gasteiger partial charge in [-0.1, -0.05) is 24.3 Å². The Balaban J connectivity index is 2.06. The van der Waals surface area contributed by atoms with Gasteiger partial charge < -0.3 is 19.9 Å². The number of ether oxygens (including phenoxy) is 2. The van der Waals surface area contributed by atoms with Crippen molar-refractivity contribution in [3.63, 3.8) is 0 Å². The quantitative estimate of drug-likeness (QED) is 0.497. The van der Waals surface area contributed by atoms with Crippen molar-refractivity contribution in [1.82, 2.24) is 5.43 Å². The summed E-state index contributed by atoms with van der Waals surface area (Å²) < 4.78 is 10.7. The second kappa shape index (κ2) is 9.67. The van der Waals surface area contributed by atoms with Crippen LogP contribution in [0.5, 0.6) is 11.5 Å². The van der Waals surface area contributed by atoms with Gasteiger partial charge in [-0.15, -0.1) is 0 Å². The number of carboxylic acid groups (broad SMARTS) is 1. The van der Waals surface area contributed by atoms with E-state index in [1.165, 1.54) is 6.21 Å². The average molecular weight is 357 g/mol. The van der Waals surface area contributed by atoms with Crippen LogP contribution in [0.25, 0.3) is 0 Å². The second-order valence-corrected chi connectivity index (χ2v) is 4.98. The number of para-hydroxylation sites is 2. The summed E-state index contributed by atoms with van der Waals surface area (Å²) >= 11 is 0. The lowest BCUT2D eigenvalue weighted by atomic mass is 10.2. The smallest absolute Gasteiger partial charge is 0.341 e. The molecule has 0 unspecified atom stereocenters. The van der Waals surface area contributed by atoms with Crippen molar-refractivity contribution >= 4 is 23.9 Å². The van der Waals surface area contributed by atoms with Crippen LogP contribution in [0, 0.1) is 0 Å². The summed E-state index contributed by atoms with van der Waals surface area (Å²) in [5.74, 6) is -0.475. The molecular weight excluding hydrogens is 338 g/mol. The van der Waals surface area contributed by atoms with Gasteiger partial charge in [0.25, 0.3) is 0 Å². The molecule has 2 aromatic rings. The molecule has 0 aromatic heterocycles. The number of hydrogen-bond donors (Lipinski definition) is 3. The molecule has 3 N–H and O–H groups in total. The Morgan fingerprint density at radius 3 is 2.58 bits per heavy atom. The highest BCUT2D eigenvalue weighted by atomic mass is 16.5. The number of amides is 2. The number of carbonyl (C=O) groups excluding carboxylic acids is 1. The zero-order valence-corrected chi connectivity index (χ0v) is 14.1. The number of hydrogen-bond acceptors (Lipinski definition) is 5. The highest BCUT2D eigenvalue weighted by molar-refractivity contribution is 5.91. The molecule has 0 atom stereocenters. The van der Waals surface area contributed by atoms with E-state index in [2.05, 4.69) is 15.8 Å². The van der Waals surface area contributed by atoms with Gasteiger partial charge in [-0.25, -0.2) is 15.0 Å². The monoisotopic (exact) mass is 357 g/mol. The van der Waals surface area contributed by atoms with Crippen LogP contribution in [0.4, 0.5) is 10.5 Å². The van der Waals surface area contributed by atoms with E-state index in [4.69, 9.17) is 14.6 Å². The molecule has 2 rings (SSSR count). The average Bonchev–Trinajstić information content (AvgIpc) is 2.62. The highest BCUT2D eigenvalue weighted by Crippen LogP contribution is 2.30. The van der Waals surface area contributed by atoms with Crippen molar-refractivity contribution in [2.75, 3.05) is 18.5 Å². The fraction of sp³-hybridized carbons (Fsp3) is 0.167. The topological polar surface area (TPSA) is 109 Å². The lowest BCUT2D eigenvalue weighted by molar-refractivity contribution is -0.139. The maximum atomic E-state index is 11.8. The van der Waals surface area contributed by atoms with Gasteiger partial charge >= 0.3 is 12.0 Å². The summed E-state index contributed by atoms with van der Waals surface area (Å²) in [6.07, 6.45) is 1.35. The van der Waals surface area contributed by atoms with Gasteiger partial charge in [0.05, 0.1) is 12.8 Å². The van der Waals surface area contributed by atoms with Crippen molar-refractivity contribution in [2.24, 2.45) is 5.10 Å². The lowest BCUT2D eigenvalue weighted by Crippen LogP contribution is -2.24. The molecule has 0 aliphatic heterocycles. The normalized spacial score (nSPS) is 10.3. The first-order chi connectivity index (χ1) is 12.6. The van der Waals surface area contributed by atoms with Crippen LogP contribution in [-0.4, -0.2) is 36.5 Å². The van der Waals surface area contributed by atoms with Crippen LogP contribution in [0.1, 0.15) is 12.5 Å². The maximum Gasteiger partial charge on any atom is 0.341 e. The molecule has 8 nitrogen and oxygen atoms in total. The second-order valence-electron chi connectivity index (χ2n) is 4.98. The largest absolute Gasteiger partial charge is 0.490 e. The van der Waals surface area contributed by atoms with E-state index in [1.54, 1.807) is 49.4 Å². The van der Waals surface area contributed by atoms with Gasteiger partial charge in [0.15, 0.2) is 18.1 Å². The minimum Gasteiger partial charge on any atom is -0.490 e. The molecule has 26 heavy (non-hydrogen) atoms. The molecule has 0 aliphatic carbocycles. The number of nitrogens with zero attached hydrogens (tertiary/aromatic N) is 1. The maximum absolute atomic E-state index is 11.8. The van der Waals surface area contributed by atoms with Crippen molar-refractivity contribution in [3.05, 3.63) is 54.1 Å². The standard InChI is InChI=1S/C18H19N3O5/c1-2-25-15-10-6-7-13(17(15)26-12-16(22)23)11-19-21-18(24)20-14-8-4-3-5-9-14/h3-11H,2,12H2,1H3,(H,22,23)(H2,20,21,24)/b19-11+. The third-order valence-corrected chi connectivity index (χ3v) is 3.05. The zero-order valence-electron chi connectivity index (χ0n) is 14.1. The molecular formula is C18H19N3O5. The van der Waals surface area contributed by atoms with Gasteiger partial charge in [0.1, 0.15) is 0 Å². The minimum atomic E-state index is -1.11. The van der Waals surface area contributed by atoms with Crippen LogP contribution < -0.4 is 20.2 Å². The van der Waals surface area contributed by atoms with Gasteiger partial charge in [-0.3, -0.25) is 0 Å². The van der Waals surface area contributed by atoms with Crippen molar-refractivity contribution < 1.29 is 24.2 Å². The van der Waals surface area contributed by atoms with Crippen molar-refractivity contribution in [3.8, 4) is 11.5 Å². The van der Waals surface area contributed by atoms with Crippen LogP contribution in [-0.2, 0) is 4.79 Å². The summed E-state index contributed by atoms with van der Waals surface area (Å²) in [5, 5.41) is 15.3. The first-order valence-corrected chi connectivity index (χ1v) is 7.85. The van der Waals surface area contributed by atoms with Crippen molar-refractivity contribution in [2.45, 2.75) is 6.92 Å². The fourth-order valence-corrected chi connectivity index (χ4v) is 2.03. The van der Waals surface area contributed by atoms with E-state index < -0.39 is 18.6 Å². The Kier molecular flexibility index (Phi) is 6.99. The lowest BCUT2D eigenvalue weighted by Gasteiger charge is -2.12. The summed E-state index contributed by atoms with van der Waals surface area (Å²) in [4.78, 5) is 22.6. The molecule has 0 aliphatic rings. The molecule has 0 fully saturated rings. The van der Waals surface area contributed by atoms with E-state index >= 15 is 0 Å². The van der Waals surface area contributed by atoms with Gasteiger partial charge in [-0.05, 0) is 31.2 Å². The number of benzene rings is 2. The SMILES string of the molecule is CCOc1cccc(/C=N/NC(=O)Nc2ccccc2)c1OCC(=O)O. The van der Waals surface area contributed by atoms with E-state index in [9.17, 15) is 9.59 Å². The summed E-state index contributed by atoms with van der Waals surface area (Å²) in [7, 11) is 0. The number of rotatable bonds is 8. The Hall–Kier alpha value is -3.55. The Morgan fingerprint density at radius 2 is 1.88 bits per heavy atom. The number of carboxylic acids is 1. The summed E-state index contributed by atoms with van der Waals surface area (Å²) in [5.41, 5.74) is 3.43. The Bertz CT molecular complexity index is 778.